The molecule has 0 heterocycles. The summed E-state index contributed by atoms with van der Waals surface area (Å²) in [4.78, 5) is 13.2. The molecular weight excluding hydrogens is 176 g/mol. The van der Waals surface area contributed by atoms with Gasteiger partial charge in [0.1, 0.15) is 0 Å². The molecule has 0 aliphatic carbocycles. The highest BCUT2D eigenvalue weighted by molar-refractivity contribution is 5.78. The van der Waals surface area contributed by atoms with Crippen LogP contribution >= 0.6 is 0 Å². The van der Waals surface area contributed by atoms with E-state index in [4.69, 9.17) is 0 Å². The lowest BCUT2D eigenvalue weighted by Crippen LogP contribution is -2.38. The summed E-state index contributed by atoms with van der Waals surface area (Å²) in [5.41, 5.74) is 0. The summed E-state index contributed by atoms with van der Waals surface area (Å²) < 4.78 is 0. The first kappa shape index (κ1) is 13.4. The second-order valence-corrected chi connectivity index (χ2v) is 4.20. The van der Waals surface area contributed by atoms with Crippen LogP contribution in [0.4, 0.5) is 0 Å². The molecule has 0 radical (unpaired) electrons. The first-order chi connectivity index (χ1) is 6.56. The fourth-order valence-electron chi connectivity index (χ4n) is 1.38. The lowest BCUT2D eigenvalue weighted by atomic mass is 10.1. The Morgan fingerprint density at radius 2 is 2.00 bits per heavy atom. The molecule has 0 aromatic heterocycles. The molecule has 1 atom stereocenters. The average Bonchev–Trinajstić information content (AvgIpc) is 2.02. The molecule has 0 fully saturated rings. The van der Waals surface area contributed by atoms with Gasteiger partial charge in [-0.25, -0.2) is 0 Å². The second kappa shape index (κ2) is 7.80. The van der Waals surface area contributed by atoms with E-state index in [1.807, 2.05) is 19.0 Å². The summed E-state index contributed by atoms with van der Waals surface area (Å²) in [6, 6.07) is 0.314. The van der Waals surface area contributed by atoms with Crippen molar-refractivity contribution in [3.05, 3.63) is 0 Å². The maximum atomic E-state index is 11.3. The first-order valence-corrected chi connectivity index (χ1v) is 5.50. The Balaban J connectivity index is 3.50. The molecule has 84 valence electrons. The summed E-state index contributed by atoms with van der Waals surface area (Å²) in [7, 11) is 3.81. The van der Waals surface area contributed by atoms with Crippen LogP contribution in [0.5, 0.6) is 0 Å². The van der Waals surface area contributed by atoms with E-state index < -0.39 is 0 Å². The maximum absolute atomic E-state index is 11.3. The van der Waals surface area contributed by atoms with Gasteiger partial charge in [-0.05, 0) is 27.4 Å². The minimum Gasteiger partial charge on any atom is -0.353 e. The predicted molar refractivity (Wildman–Crippen MR) is 60.3 cm³/mol. The van der Waals surface area contributed by atoms with E-state index in [0.717, 1.165) is 6.42 Å². The van der Waals surface area contributed by atoms with Crippen LogP contribution in [-0.4, -0.2) is 37.5 Å². The Morgan fingerprint density at radius 1 is 1.36 bits per heavy atom. The van der Waals surface area contributed by atoms with E-state index in [-0.39, 0.29) is 5.91 Å². The van der Waals surface area contributed by atoms with Gasteiger partial charge in [0.2, 0.25) is 5.91 Å². The monoisotopic (exact) mass is 200 g/mol. The van der Waals surface area contributed by atoms with Crippen LogP contribution in [0.2, 0.25) is 0 Å². The van der Waals surface area contributed by atoms with Crippen molar-refractivity contribution in [3.8, 4) is 0 Å². The number of amides is 1. The van der Waals surface area contributed by atoms with Gasteiger partial charge in [-0.1, -0.05) is 26.2 Å². The van der Waals surface area contributed by atoms with Gasteiger partial charge in [0, 0.05) is 6.04 Å². The minimum atomic E-state index is 0.124. The van der Waals surface area contributed by atoms with Gasteiger partial charge in [-0.15, -0.1) is 0 Å². The quantitative estimate of drug-likeness (QED) is 0.634. The molecule has 0 aliphatic heterocycles. The molecule has 3 nitrogen and oxygen atoms in total. The zero-order valence-electron chi connectivity index (χ0n) is 9.97. The zero-order valence-corrected chi connectivity index (χ0v) is 9.97. The number of likely N-dealkylation sites (N-methyl/N-ethyl adjacent to an activating group) is 1. The molecule has 1 amide bonds. The van der Waals surface area contributed by atoms with E-state index in [1.54, 1.807) is 0 Å². The van der Waals surface area contributed by atoms with Crippen LogP contribution in [-0.2, 0) is 4.79 Å². The van der Waals surface area contributed by atoms with E-state index in [0.29, 0.717) is 12.6 Å². The molecule has 1 N–H and O–H groups in total. The van der Waals surface area contributed by atoms with Gasteiger partial charge < -0.3 is 10.2 Å². The van der Waals surface area contributed by atoms with Crippen molar-refractivity contribution >= 4 is 5.91 Å². The number of rotatable bonds is 7. The number of hydrogen-bond donors (Lipinski definition) is 1. The van der Waals surface area contributed by atoms with E-state index >= 15 is 0 Å². The van der Waals surface area contributed by atoms with E-state index in [9.17, 15) is 4.79 Å². The number of carbonyl (C=O) groups excluding carboxylic acids is 1. The maximum Gasteiger partial charge on any atom is 0.234 e. The Kier molecular flexibility index (Phi) is 7.48. The van der Waals surface area contributed by atoms with Gasteiger partial charge in [-0.3, -0.25) is 4.79 Å². The van der Waals surface area contributed by atoms with Gasteiger partial charge >= 0.3 is 0 Å². The molecule has 0 saturated carbocycles. The SMILES string of the molecule is CCCCCC(C)NC(=O)CN(C)C. The lowest BCUT2D eigenvalue weighted by Gasteiger charge is -2.15. The smallest absolute Gasteiger partial charge is 0.234 e. The largest absolute Gasteiger partial charge is 0.353 e. The minimum absolute atomic E-state index is 0.124. The molecule has 1 unspecified atom stereocenters. The number of unbranched alkanes of at least 4 members (excludes halogenated alkanes) is 2. The van der Waals surface area contributed by atoms with Crippen molar-refractivity contribution in [1.29, 1.82) is 0 Å². The van der Waals surface area contributed by atoms with Crippen molar-refractivity contribution in [2.45, 2.75) is 45.6 Å². The van der Waals surface area contributed by atoms with Gasteiger partial charge in [0.15, 0.2) is 0 Å². The summed E-state index contributed by atoms with van der Waals surface area (Å²) in [6.45, 7) is 4.75. The highest BCUT2D eigenvalue weighted by Gasteiger charge is 2.07. The normalized spacial score (nSPS) is 12.9. The van der Waals surface area contributed by atoms with Crippen molar-refractivity contribution in [3.63, 3.8) is 0 Å². The Morgan fingerprint density at radius 3 is 2.50 bits per heavy atom. The second-order valence-electron chi connectivity index (χ2n) is 4.20. The van der Waals surface area contributed by atoms with E-state index in [1.165, 1.54) is 19.3 Å². The molecule has 0 bridgehead atoms. The molecule has 3 heteroatoms. The number of carbonyl (C=O) groups is 1. The zero-order chi connectivity index (χ0) is 11.0. The van der Waals surface area contributed by atoms with Crippen molar-refractivity contribution in [2.24, 2.45) is 0 Å². The molecule has 14 heavy (non-hydrogen) atoms. The third kappa shape index (κ3) is 8.05. The van der Waals surface area contributed by atoms with Crippen molar-refractivity contribution < 1.29 is 4.79 Å². The average molecular weight is 200 g/mol. The molecule has 0 aromatic rings. The van der Waals surface area contributed by atoms with Crippen LogP contribution < -0.4 is 5.32 Å². The highest BCUT2D eigenvalue weighted by Crippen LogP contribution is 2.02. The molecule has 0 rings (SSSR count). The first-order valence-electron chi connectivity index (χ1n) is 5.50. The number of nitrogens with zero attached hydrogens (tertiary/aromatic N) is 1. The Bertz CT molecular complexity index is 157. The van der Waals surface area contributed by atoms with Gasteiger partial charge in [0.25, 0.3) is 0 Å². The van der Waals surface area contributed by atoms with Crippen molar-refractivity contribution in [1.82, 2.24) is 10.2 Å². The fourth-order valence-corrected chi connectivity index (χ4v) is 1.38. The molecule has 0 spiro atoms. The van der Waals surface area contributed by atoms with E-state index in [2.05, 4.69) is 19.2 Å². The standard InChI is InChI=1S/C11H24N2O/c1-5-6-7-8-10(2)12-11(14)9-13(3)4/h10H,5-9H2,1-4H3,(H,12,14). The summed E-state index contributed by atoms with van der Waals surface area (Å²) in [5, 5.41) is 2.99. The predicted octanol–water partition coefficient (Wildman–Crippen LogP) is 1.63. The molecule has 0 saturated heterocycles. The topological polar surface area (TPSA) is 32.3 Å². The highest BCUT2D eigenvalue weighted by atomic mass is 16.2. The summed E-state index contributed by atoms with van der Waals surface area (Å²) in [6.07, 6.45) is 4.79. The number of nitrogens with one attached hydrogen (secondary N) is 1. The Hall–Kier alpha value is -0.570. The third-order valence-corrected chi connectivity index (χ3v) is 2.11. The lowest BCUT2D eigenvalue weighted by molar-refractivity contribution is -0.122. The summed E-state index contributed by atoms with van der Waals surface area (Å²) in [5.74, 6) is 0.124. The molecular formula is C11H24N2O. The van der Waals surface area contributed by atoms with Gasteiger partial charge in [-0.2, -0.15) is 0 Å². The molecule has 0 aromatic carbocycles. The van der Waals surface area contributed by atoms with Crippen LogP contribution in [0.3, 0.4) is 0 Å². The fraction of sp³-hybridized carbons (Fsp3) is 0.909. The van der Waals surface area contributed by atoms with Crippen LogP contribution in [0, 0.1) is 0 Å². The molecule has 0 aliphatic rings. The summed E-state index contributed by atoms with van der Waals surface area (Å²) >= 11 is 0. The van der Waals surface area contributed by atoms with Crippen molar-refractivity contribution in [2.75, 3.05) is 20.6 Å². The van der Waals surface area contributed by atoms with Crippen LogP contribution in [0.1, 0.15) is 39.5 Å². The Labute approximate surface area is 87.9 Å². The van der Waals surface area contributed by atoms with Gasteiger partial charge in [0.05, 0.1) is 6.54 Å². The van der Waals surface area contributed by atoms with Crippen LogP contribution in [0.15, 0.2) is 0 Å². The van der Waals surface area contributed by atoms with Crippen LogP contribution in [0.25, 0.3) is 0 Å². The number of hydrogen-bond acceptors (Lipinski definition) is 2. The third-order valence-electron chi connectivity index (χ3n) is 2.11.